The SMILES string of the molecule is CCCS(=O)(=O)c1ccc(NC(=O)OCCc2c(C)cc(C(Nc3ccc4nc[nH]c(=O)c4c3)C(=O)O)cc2C)cc1CN(C)C(=O)OC(C)(C)C. The molecule has 4 N–H and O–H groups in total. The average Bonchev–Trinajstić information content (AvgIpc) is 3.04. The van der Waals surface area contributed by atoms with Gasteiger partial charge >= 0.3 is 18.2 Å². The first-order valence-corrected chi connectivity index (χ1v) is 18.3. The molecule has 2 amide bonds. The van der Waals surface area contributed by atoms with Gasteiger partial charge in [0.15, 0.2) is 15.9 Å². The number of carbonyl (C=O) groups excluding carboxylic acids is 2. The molecule has 0 radical (unpaired) electrons. The van der Waals surface area contributed by atoms with Crippen molar-refractivity contribution in [3.63, 3.8) is 0 Å². The van der Waals surface area contributed by atoms with Crippen molar-refractivity contribution in [1.29, 1.82) is 0 Å². The Labute approximate surface area is 302 Å². The lowest BCUT2D eigenvalue weighted by molar-refractivity contribution is -0.138. The number of H-pyrrole nitrogens is 1. The summed E-state index contributed by atoms with van der Waals surface area (Å²) in [6, 6.07) is 11.6. The fourth-order valence-electron chi connectivity index (χ4n) is 5.72. The van der Waals surface area contributed by atoms with Gasteiger partial charge < -0.3 is 29.8 Å². The molecule has 0 aliphatic heterocycles. The molecule has 0 bridgehead atoms. The van der Waals surface area contributed by atoms with Gasteiger partial charge in [-0.2, -0.15) is 0 Å². The summed E-state index contributed by atoms with van der Waals surface area (Å²) in [7, 11) is -2.16. The smallest absolute Gasteiger partial charge is 0.411 e. The minimum absolute atomic E-state index is 0.00431. The van der Waals surface area contributed by atoms with E-state index in [1.54, 1.807) is 58.0 Å². The minimum Gasteiger partial charge on any atom is -0.479 e. The molecule has 1 aromatic heterocycles. The van der Waals surface area contributed by atoms with Crippen molar-refractivity contribution in [2.75, 3.05) is 30.0 Å². The van der Waals surface area contributed by atoms with Gasteiger partial charge in [-0.05, 0) is 105 Å². The summed E-state index contributed by atoms with van der Waals surface area (Å²) in [6.45, 7) is 10.6. The molecule has 0 spiro atoms. The number of aryl methyl sites for hydroxylation is 2. The van der Waals surface area contributed by atoms with Crippen molar-refractivity contribution >= 4 is 50.3 Å². The van der Waals surface area contributed by atoms with Crippen molar-refractivity contribution in [3.8, 4) is 0 Å². The van der Waals surface area contributed by atoms with E-state index in [0.717, 1.165) is 16.7 Å². The van der Waals surface area contributed by atoms with Gasteiger partial charge in [0.1, 0.15) is 5.60 Å². The van der Waals surface area contributed by atoms with Crippen LogP contribution in [0.4, 0.5) is 21.0 Å². The lowest BCUT2D eigenvalue weighted by atomic mass is 9.94. The molecule has 278 valence electrons. The van der Waals surface area contributed by atoms with E-state index in [1.165, 1.54) is 36.5 Å². The second-order valence-electron chi connectivity index (χ2n) is 13.5. The number of rotatable bonds is 13. The molecule has 4 aromatic rings. The van der Waals surface area contributed by atoms with Gasteiger partial charge in [0.2, 0.25) is 0 Å². The minimum atomic E-state index is -3.66. The Balaban J connectivity index is 1.44. The Kier molecular flexibility index (Phi) is 12.3. The van der Waals surface area contributed by atoms with Crippen LogP contribution in [-0.4, -0.2) is 71.6 Å². The molecule has 0 aliphatic rings. The monoisotopic (exact) mass is 735 g/mol. The summed E-state index contributed by atoms with van der Waals surface area (Å²) >= 11 is 0. The third-order valence-corrected chi connectivity index (χ3v) is 10.1. The number of hydrogen-bond acceptors (Lipinski definition) is 10. The fourth-order valence-corrected chi connectivity index (χ4v) is 7.28. The van der Waals surface area contributed by atoms with Crippen LogP contribution in [0, 0.1) is 13.8 Å². The van der Waals surface area contributed by atoms with Crippen LogP contribution in [0.15, 0.2) is 64.5 Å². The predicted octanol–water partition coefficient (Wildman–Crippen LogP) is 6.12. The molecule has 4 rings (SSSR count). The standard InChI is InChI=1S/C37H45N5O9S/c1-8-15-52(48,49)31-12-10-26(18-25(31)20-42(7)36(47)51-37(4,5)6)41-35(46)50-14-13-28-22(2)16-24(17-23(28)3)32(34(44)45)40-27-9-11-30-29(19-27)33(43)39-21-38-30/h9-12,16-19,21,32,40H,8,13-15,20H2,1-7H3,(H,41,46)(H,44,45)(H,38,39,43). The largest absolute Gasteiger partial charge is 0.479 e. The zero-order valence-electron chi connectivity index (χ0n) is 30.3. The van der Waals surface area contributed by atoms with Crippen LogP contribution in [0.1, 0.15) is 68.0 Å². The summed E-state index contributed by atoms with van der Waals surface area (Å²) in [6.07, 6.45) is 0.663. The first kappa shape index (κ1) is 39.3. The maximum atomic E-state index is 13.0. The van der Waals surface area contributed by atoms with Crippen LogP contribution in [0.3, 0.4) is 0 Å². The van der Waals surface area contributed by atoms with Crippen molar-refractivity contribution in [1.82, 2.24) is 14.9 Å². The lowest BCUT2D eigenvalue weighted by Gasteiger charge is -2.25. The molecule has 14 nitrogen and oxygen atoms in total. The molecule has 0 aliphatic carbocycles. The Morgan fingerprint density at radius 2 is 1.69 bits per heavy atom. The molecular weight excluding hydrogens is 690 g/mol. The molecule has 0 saturated heterocycles. The highest BCUT2D eigenvalue weighted by atomic mass is 32.2. The quantitative estimate of drug-likeness (QED) is 0.123. The van der Waals surface area contributed by atoms with E-state index >= 15 is 0 Å². The molecule has 52 heavy (non-hydrogen) atoms. The highest BCUT2D eigenvalue weighted by Gasteiger charge is 2.25. The lowest BCUT2D eigenvalue weighted by Crippen LogP contribution is -2.34. The number of amides is 2. The molecule has 15 heteroatoms. The highest BCUT2D eigenvalue weighted by Crippen LogP contribution is 2.27. The van der Waals surface area contributed by atoms with Gasteiger partial charge in [0.05, 0.1) is 41.0 Å². The highest BCUT2D eigenvalue weighted by molar-refractivity contribution is 7.91. The Bertz CT molecular complexity index is 2120. The number of sulfone groups is 1. The van der Waals surface area contributed by atoms with E-state index in [9.17, 15) is 32.7 Å². The molecule has 1 heterocycles. The van der Waals surface area contributed by atoms with E-state index in [-0.39, 0.29) is 35.0 Å². The van der Waals surface area contributed by atoms with Crippen LogP contribution >= 0.6 is 0 Å². The number of anilines is 2. The number of aromatic amines is 1. The Morgan fingerprint density at radius 1 is 1.02 bits per heavy atom. The normalized spacial score (nSPS) is 12.2. The van der Waals surface area contributed by atoms with E-state index in [0.29, 0.717) is 40.6 Å². The van der Waals surface area contributed by atoms with Crippen molar-refractivity contribution < 1.29 is 37.4 Å². The van der Waals surface area contributed by atoms with Crippen LogP contribution in [0.5, 0.6) is 0 Å². The van der Waals surface area contributed by atoms with E-state index in [2.05, 4.69) is 20.6 Å². The number of hydrogen-bond donors (Lipinski definition) is 4. The van der Waals surface area contributed by atoms with Crippen molar-refractivity contribution in [2.45, 2.75) is 77.5 Å². The number of carboxylic acid groups (broad SMARTS) is 1. The zero-order chi connectivity index (χ0) is 38.4. The maximum Gasteiger partial charge on any atom is 0.411 e. The summed E-state index contributed by atoms with van der Waals surface area (Å²) in [5.41, 5.74) is 3.42. The topological polar surface area (TPSA) is 197 Å². The van der Waals surface area contributed by atoms with Crippen LogP contribution in [0.2, 0.25) is 0 Å². The summed E-state index contributed by atoms with van der Waals surface area (Å²) in [4.78, 5) is 57.9. The first-order chi connectivity index (χ1) is 24.4. The van der Waals surface area contributed by atoms with Gasteiger partial charge in [-0.25, -0.2) is 27.8 Å². The molecular formula is C37H45N5O9S. The summed E-state index contributed by atoms with van der Waals surface area (Å²) in [5, 5.41) is 16.0. The van der Waals surface area contributed by atoms with E-state index < -0.39 is 39.6 Å². The van der Waals surface area contributed by atoms with Crippen molar-refractivity contribution in [3.05, 3.63) is 93.0 Å². The third-order valence-electron chi connectivity index (χ3n) is 8.06. The average molecular weight is 736 g/mol. The van der Waals surface area contributed by atoms with Gasteiger partial charge in [0, 0.05) is 24.8 Å². The Hall–Kier alpha value is -5.44. The molecule has 0 fully saturated rings. The Morgan fingerprint density at radius 3 is 2.33 bits per heavy atom. The maximum absolute atomic E-state index is 13.0. The van der Waals surface area contributed by atoms with Crippen LogP contribution in [-0.2, 0) is 37.1 Å². The molecule has 1 atom stereocenters. The third kappa shape index (κ3) is 10.1. The second-order valence-corrected chi connectivity index (χ2v) is 15.6. The predicted molar refractivity (Wildman–Crippen MR) is 197 cm³/mol. The van der Waals surface area contributed by atoms with Gasteiger partial charge in [0.25, 0.3) is 5.56 Å². The number of aliphatic carboxylic acids is 1. The van der Waals surface area contributed by atoms with E-state index in [4.69, 9.17) is 9.47 Å². The number of benzene rings is 3. The number of aromatic nitrogens is 2. The summed E-state index contributed by atoms with van der Waals surface area (Å²) in [5.74, 6) is -1.19. The number of ether oxygens (including phenoxy) is 2. The number of fused-ring (bicyclic) bond motifs is 1. The number of carboxylic acids is 1. The molecule has 3 aromatic carbocycles. The number of carbonyl (C=O) groups is 3. The first-order valence-electron chi connectivity index (χ1n) is 16.7. The van der Waals surface area contributed by atoms with Gasteiger partial charge in [-0.15, -0.1) is 0 Å². The van der Waals surface area contributed by atoms with Crippen LogP contribution in [0.25, 0.3) is 10.9 Å². The second kappa shape index (κ2) is 16.3. The van der Waals surface area contributed by atoms with Gasteiger partial charge in [-0.3, -0.25) is 10.1 Å². The zero-order valence-corrected chi connectivity index (χ0v) is 31.1. The fraction of sp³-hybridized carbons (Fsp3) is 0.378. The van der Waals surface area contributed by atoms with Gasteiger partial charge in [-0.1, -0.05) is 19.1 Å². The van der Waals surface area contributed by atoms with E-state index in [1.807, 2.05) is 13.8 Å². The number of nitrogens with one attached hydrogen (secondary N) is 3. The molecule has 0 saturated carbocycles. The van der Waals surface area contributed by atoms with Crippen LogP contribution < -0.4 is 16.2 Å². The summed E-state index contributed by atoms with van der Waals surface area (Å²) < 4.78 is 36.9. The molecule has 1 unspecified atom stereocenters. The number of nitrogens with zero attached hydrogens (tertiary/aromatic N) is 2. The van der Waals surface area contributed by atoms with Crippen molar-refractivity contribution in [2.24, 2.45) is 0 Å².